The van der Waals surface area contributed by atoms with Gasteiger partial charge < -0.3 is 9.84 Å². The number of carbonyl (C=O) groups excluding carboxylic acids is 1. The number of nitrogens with zero attached hydrogens (tertiary/aromatic N) is 2. The van der Waals surface area contributed by atoms with Crippen LogP contribution in [-0.4, -0.2) is 34.7 Å². The lowest BCUT2D eigenvalue weighted by Gasteiger charge is -2.19. The second-order valence-electron chi connectivity index (χ2n) is 7.75. The maximum absolute atomic E-state index is 12.4. The van der Waals surface area contributed by atoms with Crippen LogP contribution in [0.1, 0.15) is 32.0 Å². The fourth-order valence-electron chi connectivity index (χ4n) is 2.05. The van der Waals surface area contributed by atoms with Crippen LogP contribution in [0, 0.1) is 11.5 Å². The van der Waals surface area contributed by atoms with Crippen LogP contribution in [0.15, 0.2) is 18.2 Å². The third kappa shape index (κ3) is 4.46. The van der Waals surface area contributed by atoms with E-state index < -0.39 is 19.8 Å². The first-order valence-electron chi connectivity index (χ1n) is 7.89. The van der Waals surface area contributed by atoms with Crippen LogP contribution < -0.4 is 0 Å². The van der Waals surface area contributed by atoms with Gasteiger partial charge in [-0.25, -0.2) is 4.79 Å². The first-order chi connectivity index (χ1) is 11.0. The molecule has 0 aliphatic heterocycles. The molecule has 0 radical (unpaired) electrons. The zero-order valence-corrected chi connectivity index (χ0v) is 16.1. The van der Waals surface area contributed by atoms with Crippen LogP contribution in [0.25, 0.3) is 10.9 Å². The van der Waals surface area contributed by atoms with Crippen molar-refractivity contribution in [2.45, 2.75) is 52.6 Å². The molecule has 0 fully saturated rings. The van der Waals surface area contributed by atoms with Gasteiger partial charge in [-0.3, -0.25) is 0 Å². The highest BCUT2D eigenvalue weighted by Crippen LogP contribution is 2.22. The number of hydrogen-bond acceptors (Lipinski definition) is 4. The minimum Gasteiger partial charge on any atom is -0.442 e. The van der Waals surface area contributed by atoms with E-state index in [1.165, 1.54) is 4.68 Å². The molecule has 1 N–H and O–H groups in total. The summed E-state index contributed by atoms with van der Waals surface area (Å²) in [5.41, 5.74) is 4.57. The van der Waals surface area contributed by atoms with Gasteiger partial charge in [0.05, 0.1) is 12.1 Å². The van der Waals surface area contributed by atoms with Gasteiger partial charge >= 0.3 is 6.09 Å². The molecule has 0 amide bonds. The normalized spacial score (nSPS) is 12.0. The van der Waals surface area contributed by atoms with Crippen LogP contribution in [0.2, 0.25) is 19.6 Å². The first kappa shape index (κ1) is 18.2. The molecule has 128 valence electrons. The number of hydrogen-bond donors (Lipinski definition) is 1. The van der Waals surface area contributed by atoms with Gasteiger partial charge in [-0.05, 0) is 38.5 Å². The fraction of sp³-hybridized carbons (Fsp3) is 0.444. The predicted octanol–water partition coefficient (Wildman–Crippen LogP) is 3.54. The Labute approximate surface area is 143 Å². The molecule has 2 rings (SSSR count). The maximum atomic E-state index is 12.4. The second-order valence-corrected chi connectivity index (χ2v) is 12.5. The van der Waals surface area contributed by atoms with Gasteiger partial charge in [0.1, 0.15) is 19.4 Å². The quantitative estimate of drug-likeness (QED) is 0.635. The molecule has 5 nitrogen and oxygen atoms in total. The third-order valence-corrected chi connectivity index (χ3v) is 3.92. The van der Waals surface area contributed by atoms with Gasteiger partial charge in [0.2, 0.25) is 0 Å². The zero-order chi connectivity index (χ0) is 18.1. The van der Waals surface area contributed by atoms with Crippen molar-refractivity contribution in [3.05, 3.63) is 29.5 Å². The fourth-order valence-corrected chi connectivity index (χ4v) is 2.54. The number of aliphatic hydroxyl groups excluding tert-OH is 1. The predicted molar refractivity (Wildman–Crippen MR) is 97.5 cm³/mol. The number of rotatable bonds is 1. The second kappa shape index (κ2) is 6.42. The van der Waals surface area contributed by atoms with Crippen molar-refractivity contribution in [2.24, 2.45) is 0 Å². The SMILES string of the molecule is CC(C)(C)OC(=O)n1nc(C#C[Si](C)(C)C)c2cc(CO)ccc21. The van der Waals surface area contributed by atoms with Crippen molar-refractivity contribution in [2.75, 3.05) is 0 Å². The summed E-state index contributed by atoms with van der Waals surface area (Å²) >= 11 is 0. The molecule has 0 aliphatic carbocycles. The number of carbonyl (C=O) groups is 1. The largest absolute Gasteiger partial charge is 0.442 e. The van der Waals surface area contributed by atoms with E-state index in [2.05, 4.69) is 36.2 Å². The van der Waals surface area contributed by atoms with Crippen molar-refractivity contribution in [3.63, 3.8) is 0 Å². The lowest BCUT2D eigenvalue weighted by Crippen LogP contribution is -2.27. The molecular formula is C18H24N2O3Si. The van der Waals surface area contributed by atoms with E-state index in [0.29, 0.717) is 11.2 Å². The highest BCUT2D eigenvalue weighted by Gasteiger charge is 2.22. The van der Waals surface area contributed by atoms with Gasteiger partial charge in [0, 0.05) is 5.39 Å². The summed E-state index contributed by atoms with van der Waals surface area (Å²) < 4.78 is 6.67. The summed E-state index contributed by atoms with van der Waals surface area (Å²) in [6.45, 7) is 11.8. The standard InChI is InChI=1S/C18H24N2O3Si/c1-18(2,3)23-17(22)20-16-8-7-13(12-21)11-14(16)15(19-20)9-10-24(4,5)6/h7-8,11,21H,12H2,1-6H3. The van der Waals surface area contributed by atoms with Crippen LogP contribution >= 0.6 is 0 Å². The van der Waals surface area contributed by atoms with E-state index >= 15 is 0 Å². The highest BCUT2D eigenvalue weighted by atomic mass is 28.3. The van der Waals surface area contributed by atoms with Gasteiger partial charge in [-0.2, -0.15) is 9.78 Å². The molecule has 0 spiro atoms. The van der Waals surface area contributed by atoms with E-state index in [4.69, 9.17) is 4.74 Å². The number of fused-ring (bicyclic) bond motifs is 1. The minimum atomic E-state index is -1.58. The molecule has 1 aromatic heterocycles. The molecular weight excluding hydrogens is 320 g/mol. The monoisotopic (exact) mass is 344 g/mol. The maximum Gasteiger partial charge on any atom is 0.435 e. The third-order valence-electron chi connectivity index (χ3n) is 3.05. The topological polar surface area (TPSA) is 64.4 Å². The summed E-state index contributed by atoms with van der Waals surface area (Å²) in [6.07, 6.45) is -0.537. The van der Waals surface area contributed by atoms with Gasteiger partial charge in [0.15, 0.2) is 0 Å². The summed E-state index contributed by atoms with van der Waals surface area (Å²) in [6, 6.07) is 5.34. The Balaban J connectivity index is 2.60. The lowest BCUT2D eigenvalue weighted by molar-refractivity contribution is 0.0522. The van der Waals surface area contributed by atoms with Gasteiger partial charge in [-0.15, -0.1) is 5.54 Å². The Kier molecular flexibility index (Phi) is 4.88. The van der Waals surface area contributed by atoms with E-state index in [0.717, 1.165) is 10.9 Å². The molecule has 0 atom stereocenters. The highest BCUT2D eigenvalue weighted by molar-refractivity contribution is 6.83. The van der Waals surface area contributed by atoms with Crippen molar-refractivity contribution < 1.29 is 14.6 Å². The Hall–Kier alpha value is -2.10. The number of ether oxygens (including phenoxy) is 1. The molecule has 0 unspecified atom stereocenters. The molecule has 0 bridgehead atoms. The van der Waals surface area contributed by atoms with E-state index in [1.54, 1.807) is 12.1 Å². The Morgan fingerprint density at radius 2 is 2.00 bits per heavy atom. The van der Waals surface area contributed by atoms with Crippen molar-refractivity contribution in [1.29, 1.82) is 0 Å². The molecule has 1 heterocycles. The smallest absolute Gasteiger partial charge is 0.435 e. The average Bonchev–Trinajstić information content (AvgIpc) is 2.80. The molecule has 2 aromatic rings. The average molecular weight is 344 g/mol. The number of aliphatic hydroxyl groups is 1. The molecule has 24 heavy (non-hydrogen) atoms. The Morgan fingerprint density at radius 1 is 1.33 bits per heavy atom. The molecule has 6 heteroatoms. The Bertz CT molecular complexity index is 830. The van der Waals surface area contributed by atoms with Crippen LogP contribution in [-0.2, 0) is 11.3 Å². The van der Waals surface area contributed by atoms with Gasteiger partial charge in [-0.1, -0.05) is 31.6 Å². The molecule has 0 saturated heterocycles. The number of benzene rings is 1. The van der Waals surface area contributed by atoms with Crippen molar-refractivity contribution in [1.82, 2.24) is 9.78 Å². The van der Waals surface area contributed by atoms with Gasteiger partial charge in [0.25, 0.3) is 0 Å². The summed E-state index contributed by atoms with van der Waals surface area (Å²) in [5.74, 6) is 3.11. The van der Waals surface area contributed by atoms with E-state index in [9.17, 15) is 9.90 Å². The molecule has 0 aliphatic rings. The van der Waals surface area contributed by atoms with Crippen LogP contribution in [0.4, 0.5) is 4.79 Å². The number of aromatic nitrogens is 2. The van der Waals surface area contributed by atoms with Crippen molar-refractivity contribution >= 4 is 25.1 Å². The summed E-state index contributed by atoms with van der Waals surface area (Å²) in [7, 11) is -1.58. The van der Waals surface area contributed by atoms with Crippen LogP contribution in [0.3, 0.4) is 0 Å². The lowest BCUT2D eigenvalue weighted by atomic mass is 10.1. The van der Waals surface area contributed by atoms with Crippen molar-refractivity contribution in [3.8, 4) is 11.5 Å². The summed E-state index contributed by atoms with van der Waals surface area (Å²) in [4.78, 5) is 12.4. The van der Waals surface area contributed by atoms with E-state index in [1.807, 2.05) is 26.8 Å². The molecule has 0 saturated carbocycles. The minimum absolute atomic E-state index is 0.0750. The molecule has 1 aromatic carbocycles. The Morgan fingerprint density at radius 3 is 2.54 bits per heavy atom. The summed E-state index contributed by atoms with van der Waals surface area (Å²) in [5, 5.41) is 14.5. The zero-order valence-electron chi connectivity index (χ0n) is 15.1. The van der Waals surface area contributed by atoms with E-state index in [-0.39, 0.29) is 6.61 Å². The van der Waals surface area contributed by atoms with Crippen LogP contribution in [0.5, 0.6) is 0 Å². The first-order valence-corrected chi connectivity index (χ1v) is 11.4.